The Bertz CT molecular complexity index is 239. The zero-order valence-electron chi connectivity index (χ0n) is 18.1. The molecule has 1 fully saturated rings. The van der Waals surface area contributed by atoms with Crippen molar-refractivity contribution in [2.75, 3.05) is 0 Å². The molecule has 0 spiro atoms. The summed E-state index contributed by atoms with van der Waals surface area (Å²) >= 11 is 0. The molecule has 0 aromatic carbocycles. The van der Waals surface area contributed by atoms with E-state index in [1.807, 2.05) is 0 Å². The van der Waals surface area contributed by atoms with E-state index in [1.54, 1.807) is 25.7 Å². The minimum Gasteiger partial charge on any atom is -0.0654 e. The minimum atomic E-state index is 0.736. The molecule has 1 saturated carbocycles. The van der Waals surface area contributed by atoms with Gasteiger partial charge in [-0.1, -0.05) is 129 Å². The third-order valence-electron chi connectivity index (χ3n) is 6.79. The normalized spacial score (nSPS) is 18.5. The molecule has 0 atom stereocenters. The van der Waals surface area contributed by atoms with Gasteiger partial charge in [0, 0.05) is 0 Å². The van der Waals surface area contributed by atoms with Gasteiger partial charge in [-0.05, 0) is 31.1 Å². The van der Waals surface area contributed by atoms with Gasteiger partial charge >= 0.3 is 0 Å². The van der Waals surface area contributed by atoms with E-state index in [1.165, 1.54) is 116 Å². The molecular weight excluding hydrogens is 300 g/mol. The Balaban J connectivity index is 2.37. The lowest BCUT2D eigenvalue weighted by Crippen LogP contribution is -2.21. The SMILES string of the molecule is CCCCCCCCC1(CCCCCCCC)CCCCCCCC1. The van der Waals surface area contributed by atoms with Gasteiger partial charge in [0.05, 0.1) is 0 Å². The van der Waals surface area contributed by atoms with Crippen LogP contribution in [0.1, 0.15) is 155 Å². The van der Waals surface area contributed by atoms with Crippen molar-refractivity contribution in [1.82, 2.24) is 0 Å². The number of hydrogen-bond acceptors (Lipinski definition) is 0. The van der Waals surface area contributed by atoms with E-state index >= 15 is 0 Å². The molecule has 25 heavy (non-hydrogen) atoms. The summed E-state index contributed by atoms with van der Waals surface area (Å²) in [6.07, 6.45) is 32.9. The first-order valence-corrected chi connectivity index (χ1v) is 12.3. The van der Waals surface area contributed by atoms with Crippen molar-refractivity contribution in [2.45, 2.75) is 155 Å². The summed E-state index contributed by atoms with van der Waals surface area (Å²) in [5.41, 5.74) is 0.736. The molecule has 1 rings (SSSR count). The maximum atomic E-state index is 2.33. The van der Waals surface area contributed by atoms with Crippen LogP contribution in [0.15, 0.2) is 0 Å². The minimum absolute atomic E-state index is 0.736. The van der Waals surface area contributed by atoms with E-state index in [0.717, 1.165) is 5.41 Å². The average molecular weight is 351 g/mol. The lowest BCUT2D eigenvalue weighted by atomic mass is 9.71. The topological polar surface area (TPSA) is 0 Å². The molecule has 1 aliphatic rings. The molecular formula is C25H50. The molecule has 150 valence electrons. The highest BCUT2D eigenvalue weighted by Crippen LogP contribution is 2.42. The van der Waals surface area contributed by atoms with Crippen molar-refractivity contribution in [2.24, 2.45) is 5.41 Å². The van der Waals surface area contributed by atoms with E-state index in [9.17, 15) is 0 Å². The first-order chi connectivity index (χ1) is 12.3. The molecule has 0 heteroatoms. The first kappa shape index (κ1) is 23.0. The highest BCUT2D eigenvalue weighted by molar-refractivity contribution is 4.81. The second-order valence-corrected chi connectivity index (χ2v) is 9.16. The van der Waals surface area contributed by atoms with Crippen LogP contribution in [0.2, 0.25) is 0 Å². The molecule has 0 bridgehead atoms. The summed E-state index contributed by atoms with van der Waals surface area (Å²) in [5, 5.41) is 0. The van der Waals surface area contributed by atoms with Crippen LogP contribution < -0.4 is 0 Å². The molecule has 0 aromatic heterocycles. The number of hydrogen-bond donors (Lipinski definition) is 0. The van der Waals surface area contributed by atoms with E-state index < -0.39 is 0 Å². The van der Waals surface area contributed by atoms with Crippen LogP contribution in [0.5, 0.6) is 0 Å². The van der Waals surface area contributed by atoms with Gasteiger partial charge in [-0.15, -0.1) is 0 Å². The summed E-state index contributed by atoms with van der Waals surface area (Å²) in [7, 11) is 0. The van der Waals surface area contributed by atoms with E-state index in [4.69, 9.17) is 0 Å². The van der Waals surface area contributed by atoms with Gasteiger partial charge in [-0.2, -0.15) is 0 Å². The van der Waals surface area contributed by atoms with Gasteiger partial charge in [-0.3, -0.25) is 0 Å². The van der Waals surface area contributed by atoms with E-state index in [-0.39, 0.29) is 0 Å². The van der Waals surface area contributed by atoms with Gasteiger partial charge in [0.2, 0.25) is 0 Å². The van der Waals surface area contributed by atoms with Crippen molar-refractivity contribution in [3.05, 3.63) is 0 Å². The third-order valence-corrected chi connectivity index (χ3v) is 6.79. The standard InChI is InChI=1S/C25H50/c1-3-5-7-9-13-17-21-25(22-18-14-10-8-6-4-2)23-19-15-11-12-16-20-24-25/h3-24H2,1-2H3. The van der Waals surface area contributed by atoms with Crippen molar-refractivity contribution in [3.8, 4) is 0 Å². The van der Waals surface area contributed by atoms with Crippen LogP contribution in [0.25, 0.3) is 0 Å². The quantitative estimate of drug-likeness (QED) is 0.273. The predicted octanol–water partition coefficient (Wildman–Crippen LogP) is 9.61. The van der Waals surface area contributed by atoms with Crippen LogP contribution in [0, 0.1) is 5.41 Å². The van der Waals surface area contributed by atoms with Gasteiger partial charge in [0.25, 0.3) is 0 Å². The summed E-state index contributed by atoms with van der Waals surface area (Å²) in [5.74, 6) is 0. The van der Waals surface area contributed by atoms with Crippen LogP contribution in [-0.4, -0.2) is 0 Å². The summed E-state index contributed by atoms with van der Waals surface area (Å²) in [6.45, 7) is 4.65. The fourth-order valence-electron chi connectivity index (χ4n) is 5.02. The van der Waals surface area contributed by atoms with Crippen LogP contribution in [0.4, 0.5) is 0 Å². The summed E-state index contributed by atoms with van der Waals surface area (Å²) in [4.78, 5) is 0. The summed E-state index contributed by atoms with van der Waals surface area (Å²) < 4.78 is 0. The average Bonchev–Trinajstić information content (AvgIpc) is 2.74. The second-order valence-electron chi connectivity index (χ2n) is 9.16. The van der Waals surface area contributed by atoms with Crippen LogP contribution >= 0.6 is 0 Å². The van der Waals surface area contributed by atoms with E-state index in [2.05, 4.69) is 13.8 Å². The van der Waals surface area contributed by atoms with Crippen molar-refractivity contribution < 1.29 is 0 Å². The Labute approximate surface area is 160 Å². The third kappa shape index (κ3) is 12.1. The largest absolute Gasteiger partial charge is 0.0654 e. The maximum absolute atomic E-state index is 2.33. The molecule has 0 aliphatic heterocycles. The van der Waals surface area contributed by atoms with Crippen molar-refractivity contribution in [1.29, 1.82) is 0 Å². The molecule has 0 heterocycles. The highest BCUT2D eigenvalue weighted by Gasteiger charge is 2.28. The van der Waals surface area contributed by atoms with Crippen LogP contribution in [-0.2, 0) is 0 Å². The highest BCUT2D eigenvalue weighted by atomic mass is 14.3. The molecule has 0 aromatic rings. The fraction of sp³-hybridized carbons (Fsp3) is 1.00. The molecule has 0 nitrogen and oxygen atoms in total. The van der Waals surface area contributed by atoms with Gasteiger partial charge < -0.3 is 0 Å². The number of unbranched alkanes of at least 4 members (excludes halogenated alkanes) is 10. The maximum Gasteiger partial charge on any atom is -0.0297 e. The Morgan fingerprint density at radius 3 is 1.24 bits per heavy atom. The monoisotopic (exact) mass is 350 g/mol. The molecule has 0 amide bonds. The smallest absolute Gasteiger partial charge is 0.0297 e. The zero-order valence-corrected chi connectivity index (χ0v) is 18.1. The Morgan fingerprint density at radius 1 is 0.440 bits per heavy atom. The lowest BCUT2D eigenvalue weighted by Gasteiger charge is -2.34. The van der Waals surface area contributed by atoms with E-state index in [0.29, 0.717) is 0 Å². The molecule has 1 aliphatic carbocycles. The van der Waals surface area contributed by atoms with Gasteiger partial charge in [0.15, 0.2) is 0 Å². The molecule has 0 N–H and O–H groups in total. The Hall–Kier alpha value is 0. The van der Waals surface area contributed by atoms with Gasteiger partial charge in [-0.25, -0.2) is 0 Å². The second kappa shape index (κ2) is 16.2. The predicted molar refractivity (Wildman–Crippen MR) is 115 cm³/mol. The molecule has 0 saturated heterocycles. The lowest BCUT2D eigenvalue weighted by molar-refractivity contribution is 0.176. The first-order valence-electron chi connectivity index (χ1n) is 12.3. The Kier molecular flexibility index (Phi) is 14.9. The van der Waals surface area contributed by atoms with Gasteiger partial charge in [0.1, 0.15) is 0 Å². The van der Waals surface area contributed by atoms with Crippen LogP contribution in [0.3, 0.4) is 0 Å². The molecule has 0 unspecified atom stereocenters. The summed E-state index contributed by atoms with van der Waals surface area (Å²) in [6, 6.07) is 0. The molecule has 0 radical (unpaired) electrons. The fourth-order valence-corrected chi connectivity index (χ4v) is 5.02. The Morgan fingerprint density at radius 2 is 0.800 bits per heavy atom. The number of rotatable bonds is 14. The van der Waals surface area contributed by atoms with Crippen molar-refractivity contribution >= 4 is 0 Å². The van der Waals surface area contributed by atoms with Crippen molar-refractivity contribution in [3.63, 3.8) is 0 Å². The zero-order chi connectivity index (χ0) is 18.1.